The van der Waals surface area contributed by atoms with Crippen LogP contribution in [0.15, 0.2) is 48.7 Å². The maximum atomic E-state index is 11.4. The number of ether oxygens (including phenoxy) is 2. The summed E-state index contributed by atoms with van der Waals surface area (Å²) in [7, 11) is 0. The second-order valence-corrected chi connectivity index (χ2v) is 7.26. The highest BCUT2D eigenvalue weighted by atomic mass is 16.5. The van der Waals surface area contributed by atoms with Crippen molar-refractivity contribution in [3.8, 4) is 22.9 Å². The fourth-order valence-corrected chi connectivity index (χ4v) is 3.26. The van der Waals surface area contributed by atoms with Gasteiger partial charge in [-0.1, -0.05) is 0 Å². The Balaban J connectivity index is 1.62. The maximum absolute atomic E-state index is 11.4. The van der Waals surface area contributed by atoms with E-state index in [2.05, 4.69) is 10.3 Å². The molecule has 1 aliphatic heterocycles. The van der Waals surface area contributed by atoms with Crippen LogP contribution in [0.2, 0.25) is 0 Å². The molecule has 1 saturated heterocycles. The number of nitrogens with zero attached hydrogens (tertiary/aromatic N) is 2. The molecule has 1 amide bonds. The maximum Gasteiger partial charge on any atom is 0.223 e. The smallest absolute Gasteiger partial charge is 0.223 e. The second kappa shape index (κ2) is 7.84. The number of aromatic nitrogens is 2. The minimum atomic E-state index is 0.0746. The molecule has 144 valence electrons. The van der Waals surface area contributed by atoms with Gasteiger partial charge in [-0.25, -0.2) is 4.98 Å². The fourth-order valence-electron chi connectivity index (χ4n) is 3.26. The van der Waals surface area contributed by atoms with E-state index in [1.807, 2.05) is 56.3 Å². The molecule has 3 heterocycles. The van der Waals surface area contributed by atoms with Gasteiger partial charge in [-0.2, -0.15) is 0 Å². The highest BCUT2D eigenvalue weighted by Crippen LogP contribution is 2.29. The number of benzene rings is 1. The Bertz CT molecular complexity index is 986. The lowest BCUT2D eigenvalue weighted by Crippen LogP contribution is -2.17. The summed E-state index contributed by atoms with van der Waals surface area (Å²) in [6.07, 6.45) is 2.38. The van der Waals surface area contributed by atoms with E-state index in [9.17, 15) is 4.79 Å². The van der Waals surface area contributed by atoms with E-state index in [0.29, 0.717) is 25.5 Å². The van der Waals surface area contributed by atoms with Crippen LogP contribution in [0.3, 0.4) is 0 Å². The Kier molecular flexibility index (Phi) is 5.10. The number of amides is 1. The third kappa shape index (κ3) is 4.06. The molecule has 1 aromatic carbocycles. The molecule has 2 aromatic heterocycles. The van der Waals surface area contributed by atoms with Gasteiger partial charge in [-0.15, -0.1) is 0 Å². The van der Waals surface area contributed by atoms with Gasteiger partial charge >= 0.3 is 0 Å². The van der Waals surface area contributed by atoms with Crippen molar-refractivity contribution in [3.05, 3.63) is 48.7 Å². The molecule has 28 heavy (non-hydrogen) atoms. The van der Waals surface area contributed by atoms with Gasteiger partial charge in [0.05, 0.1) is 29.3 Å². The number of pyridine rings is 2. The van der Waals surface area contributed by atoms with E-state index < -0.39 is 0 Å². The summed E-state index contributed by atoms with van der Waals surface area (Å²) in [6, 6.07) is 13.6. The highest BCUT2D eigenvalue weighted by Gasteiger charge is 2.22. The summed E-state index contributed by atoms with van der Waals surface area (Å²) < 4.78 is 11.7. The Morgan fingerprint density at radius 2 is 2.04 bits per heavy atom. The van der Waals surface area contributed by atoms with Gasteiger partial charge < -0.3 is 14.8 Å². The molecule has 3 aromatic rings. The van der Waals surface area contributed by atoms with E-state index in [4.69, 9.17) is 14.5 Å². The van der Waals surface area contributed by atoms with Crippen molar-refractivity contribution in [2.75, 3.05) is 13.2 Å². The van der Waals surface area contributed by atoms with Gasteiger partial charge in [0.1, 0.15) is 5.75 Å². The minimum absolute atomic E-state index is 0.0746. The van der Waals surface area contributed by atoms with Crippen molar-refractivity contribution in [2.24, 2.45) is 5.92 Å². The molecule has 4 rings (SSSR count). The van der Waals surface area contributed by atoms with E-state index in [1.165, 1.54) is 0 Å². The fraction of sp³-hybridized carbons (Fsp3) is 0.318. The summed E-state index contributed by atoms with van der Waals surface area (Å²) in [6.45, 7) is 5.09. The predicted octanol–water partition coefficient (Wildman–Crippen LogP) is 3.60. The standard InChI is InChI=1S/C22H23N3O3/c1-14(2)28-17-7-5-16(6-8-17)19-11-20-18(4-3-9-23-20)22(25-19)27-13-15-10-21(26)24-12-15/h3-9,11,14-15H,10,12-13H2,1-2H3,(H,24,26)/t15-/m1/s1. The third-order valence-electron chi connectivity index (χ3n) is 4.60. The average molecular weight is 377 g/mol. The highest BCUT2D eigenvalue weighted by molar-refractivity contribution is 5.87. The molecule has 0 radical (unpaired) electrons. The normalized spacial score (nSPS) is 16.4. The molecule has 6 heteroatoms. The Morgan fingerprint density at radius 3 is 2.75 bits per heavy atom. The van der Waals surface area contributed by atoms with Crippen LogP contribution in [0.4, 0.5) is 0 Å². The molecule has 0 spiro atoms. The Morgan fingerprint density at radius 1 is 1.21 bits per heavy atom. The van der Waals surface area contributed by atoms with Crippen LogP contribution >= 0.6 is 0 Å². The monoisotopic (exact) mass is 377 g/mol. The first-order chi connectivity index (χ1) is 13.6. The van der Waals surface area contributed by atoms with Gasteiger partial charge in [-0.3, -0.25) is 9.78 Å². The van der Waals surface area contributed by atoms with Crippen LogP contribution in [0.5, 0.6) is 11.6 Å². The largest absolute Gasteiger partial charge is 0.491 e. The first kappa shape index (κ1) is 18.2. The third-order valence-corrected chi connectivity index (χ3v) is 4.60. The van der Waals surface area contributed by atoms with Crippen molar-refractivity contribution in [2.45, 2.75) is 26.4 Å². The van der Waals surface area contributed by atoms with E-state index >= 15 is 0 Å². The number of nitrogens with one attached hydrogen (secondary N) is 1. The van der Waals surface area contributed by atoms with Crippen LogP contribution in [-0.4, -0.2) is 35.1 Å². The van der Waals surface area contributed by atoms with Crippen LogP contribution in [-0.2, 0) is 4.79 Å². The number of hydrogen-bond acceptors (Lipinski definition) is 5. The zero-order valence-electron chi connectivity index (χ0n) is 16.0. The molecule has 0 saturated carbocycles. The topological polar surface area (TPSA) is 73.3 Å². The lowest BCUT2D eigenvalue weighted by molar-refractivity contribution is -0.119. The number of fused-ring (bicyclic) bond motifs is 1. The Hall–Kier alpha value is -3.15. The predicted molar refractivity (Wildman–Crippen MR) is 107 cm³/mol. The average Bonchev–Trinajstić information content (AvgIpc) is 3.11. The molecule has 0 unspecified atom stereocenters. The summed E-state index contributed by atoms with van der Waals surface area (Å²) >= 11 is 0. The summed E-state index contributed by atoms with van der Waals surface area (Å²) in [4.78, 5) is 20.6. The molecular formula is C22H23N3O3. The zero-order valence-corrected chi connectivity index (χ0v) is 16.0. The molecule has 1 fully saturated rings. The van der Waals surface area contributed by atoms with Crippen LogP contribution < -0.4 is 14.8 Å². The molecule has 1 N–H and O–H groups in total. The summed E-state index contributed by atoms with van der Waals surface area (Å²) in [5.41, 5.74) is 2.58. The molecular weight excluding hydrogens is 354 g/mol. The number of carbonyl (C=O) groups is 1. The summed E-state index contributed by atoms with van der Waals surface area (Å²) in [5, 5.41) is 3.70. The molecule has 1 aliphatic rings. The minimum Gasteiger partial charge on any atom is -0.491 e. The van der Waals surface area contributed by atoms with Crippen molar-refractivity contribution in [3.63, 3.8) is 0 Å². The number of carbonyl (C=O) groups excluding carboxylic acids is 1. The van der Waals surface area contributed by atoms with Gasteiger partial charge in [0.2, 0.25) is 11.8 Å². The number of hydrogen-bond donors (Lipinski definition) is 1. The van der Waals surface area contributed by atoms with Gasteiger partial charge in [0.25, 0.3) is 0 Å². The molecule has 0 bridgehead atoms. The number of rotatable bonds is 6. The first-order valence-corrected chi connectivity index (χ1v) is 9.51. The van der Waals surface area contributed by atoms with Crippen molar-refractivity contribution in [1.29, 1.82) is 0 Å². The van der Waals surface area contributed by atoms with Gasteiger partial charge in [0, 0.05) is 30.6 Å². The van der Waals surface area contributed by atoms with Crippen LogP contribution in [0, 0.1) is 5.92 Å². The second-order valence-electron chi connectivity index (χ2n) is 7.26. The van der Waals surface area contributed by atoms with E-state index in [0.717, 1.165) is 27.9 Å². The van der Waals surface area contributed by atoms with Crippen molar-refractivity contribution < 1.29 is 14.3 Å². The first-order valence-electron chi connectivity index (χ1n) is 9.51. The van der Waals surface area contributed by atoms with Crippen LogP contribution in [0.1, 0.15) is 20.3 Å². The lowest BCUT2D eigenvalue weighted by atomic mass is 10.1. The van der Waals surface area contributed by atoms with Crippen molar-refractivity contribution in [1.82, 2.24) is 15.3 Å². The van der Waals surface area contributed by atoms with Gasteiger partial charge in [0.15, 0.2) is 0 Å². The lowest BCUT2D eigenvalue weighted by Gasteiger charge is -2.13. The van der Waals surface area contributed by atoms with Gasteiger partial charge in [-0.05, 0) is 56.3 Å². The van der Waals surface area contributed by atoms with Crippen molar-refractivity contribution >= 4 is 16.8 Å². The Labute approximate surface area is 163 Å². The zero-order chi connectivity index (χ0) is 19.5. The van der Waals surface area contributed by atoms with E-state index in [1.54, 1.807) is 6.20 Å². The van der Waals surface area contributed by atoms with E-state index in [-0.39, 0.29) is 17.9 Å². The SMILES string of the molecule is CC(C)Oc1ccc(-c2cc3ncccc3c(OC[C@H]3CNC(=O)C3)n2)cc1. The van der Waals surface area contributed by atoms with Crippen LogP contribution in [0.25, 0.3) is 22.2 Å². The summed E-state index contributed by atoms with van der Waals surface area (Å²) in [5.74, 6) is 1.61. The molecule has 6 nitrogen and oxygen atoms in total. The molecule has 0 aliphatic carbocycles. The molecule has 1 atom stereocenters. The quantitative estimate of drug-likeness (QED) is 0.711.